The summed E-state index contributed by atoms with van der Waals surface area (Å²) in [5.74, 6) is -7.54. The van der Waals surface area contributed by atoms with Crippen molar-refractivity contribution in [1.29, 1.82) is 0 Å². The highest BCUT2D eigenvalue weighted by Gasteiger charge is 2.65. The average molecular weight is 391 g/mol. The number of hydrogen-bond acceptors (Lipinski definition) is 4. The Kier molecular flexibility index (Phi) is 9.07. The van der Waals surface area contributed by atoms with Crippen molar-refractivity contribution in [3.8, 4) is 0 Å². The van der Waals surface area contributed by atoms with Crippen LogP contribution in [0.1, 0.15) is 45.4 Å². The van der Waals surface area contributed by atoms with E-state index in [2.05, 4.69) is 11.3 Å². The van der Waals surface area contributed by atoms with Crippen LogP contribution < -0.4 is 0 Å². The highest BCUT2D eigenvalue weighted by atomic mass is 32.2. The largest absolute Gasteiger partial charge is 0.466 e. The standard InChI is InChI=1S/C15H25F4NO4S/c1-5-6-7-8-9-10-11-25(22,23)20(3)15(18,19)14(16,17)12(2)13(21)24-4/h2,5-11H2,1,3-4H3. The number of unbranched alkanes of at least 4 members (excludes halogenated alkanes) is 5. The maximum absolute atomic E-state index is 14.0. The minimum Gasteiger partial charge on any atom is -0.466 e. The number of hydrogen-bond donors (Lipinski definition) is 0. The number of sulfonamides is 1. The third-order valence-electron chi connectivity index (χ3n) is 3.76. The molecule has 0 aromatic rings. The van der Waals surface area contributed by atoms with Crippen LogP contribution in [0, 0.1) is 0 Å². The Morgan fingerprint density at radius 1 is 1.08 bits per heavy atom. The molecular formula is C15H25F4NO4S. The summed E-state index contributed by atoms with van der Waals surface area (Å²) in [5.41, 5.74) is -1.82. The van der Waals surface area contributed by atoms with Gasteiger partial charge in [-0.25, -0.2) is 13.2 Å². The summed E-state index contributed by atoms with van der Waals surface area (Å²) in [7, 11) is -3.57. The van der Waals surface area contributed by atoms with Crippen molar-refractivity contribution >= 4 is 16.0 Å². The van der Waals surface area contributed by atoms with E-state index in [-0.39, 0.29) is 6.42 Å². The van der Waals surface area contributed by atoms with Crippen molar-refractivity contribution in [2.45, 2.75) is 57.4 Å². The molecule has 0 saturated heterocycles. The van der Waals surface area contributed by atoms with Gasteiger partial charge in [-0.3, -0.25) is 0 Å². The Balaban J connectivity index is 5.05. The van der Waals surface area contributed by atoms with E-state index in [4.69, 9.17) is 0 Å². The number of rotatable bonds is 12. The number of methoxy groups -OCH3 is 1. The molecule has 0 aliphatic carbocycles. The van der Waals surface area contributed by atoms with Gasteiger partial charge in [0, 0.05) is 7.05 Å². The molecule has 0 fully saturated rings. The van der Waals surface area contributed by atoms with E-state index in [9.17, 15) is 30.8 Å². The lowest BCUT2D eigenvalue weighted by atomic mass is 10.1. The summed E-state index contributed by atoms with van der Waals surface area (Å²) in [5, 5.41) is 0. The summed E-state index contributed by atoms with van der Waals surface area (Å²) < 4.78 is 83.0. The fourth-order valence-electron chi connectivity index (χ4n) is 2.01. The first-order chi connectivity index (χ1) is 11.4. The van der Waals surface area contributed by atoms with Crippen molar-refractivity contribution < 1.29 is 35.5 Å². The molecular weight excluding hydrogens is 366 g/mol. The second-order valence-electron chi connectivity index (χ2n) is 5.64. The molecule has 148 valence electrons. The molecule has 0 aromatic carbocycles. The van der Waals surface area contributed by atoms with Crippen LogP contribution in [-0.4, -0.2) is 50.6 Å². The maximum atomic E-state index is 14.0. The molecule has 0 spiro atoms. The Morgan fingerprint density at radius 3 is 2.04 bits per heavy atom. The van der Waals surface area contributed by atoms with Gasteiger partial charge >= 0.3 is 17.9 Å². The van der Waals surface area contributed by atoms with Crippen molar-refractivity contribution in [3.05, 3.63) is 12.2 Å². The first-order valence-electron chi connectivity index (χ1n) is 7.86. The molecule has 10 heteroatoms. The van der Waals surface area contributed by atoms with E-state index in [0.717, 1.165) is 32.8 Å². The maximum Gasteiger partial charge on any atom is 0.384 e. The van der Waals surface area contributed by atoms with Crippen molar-refractivity contribution in [3.63, 3.8) is 0 Å². The molecule has 0 aromatic heterocycles. The first kappa shape index (κ1) is 23.8. The third-order valence-corrected chi connectivity index (χ3v) is 5.63. The molecule has 0 unspecified atom stereocenters. The van der Waals surface area contributed by atoms with Gasteiger partial charge in [0.1, 0.15) is 5.57 Å². The third kappa shape index (κ3) is 5.95. The fraction of sp³-hybridized carbons (Fsp3) is 0.800. The number of carbonyl (C=O) groups is 1. The van der Waals surface area contributed by atoms with Gasteiger partial charge in [-0.2, -0.15) is 17.6 Å². The molecule has 0 radical (unpaired) electrons. The zero-order chi connectivity index (χ0) is 19.9. The Labute approximate surface area is 146 Å². The summed E-state index contributed by atoms with van der Waals surface area (Å²) in [6.45, 7) is 4.61. The van der Waals surface area contributed by atoms with Gasteiger partial charge in [0.15, 0.2) is 0 Å². The predicted octanol–water partition coefficient (Wildman–Crippen LogP) is 3.57. The second kappa shape index (κ2) is 9.51. The number of esters is 1. The lowest BCUT2D eigenvalue weighted by molar-refractivity contribution is -0.238. The Morgan fingerprint density at radius 2 is 1.56 bits per heavy atom. The van der Waals surface area contributed by atoms with Crippen LogP contribution in [0.15, 0.2) is 12.2 Å². The van der Waals surface area contributed by atoms with Crippen LogP contribution in [0.3, 0.4) is 0 Å². The van der Waals surface area contributed by atoms with Crippen LogP contribution in [-0.2, 0) is 19.6 Å². The number of nitrogens with zero attached hydrogens (tertiary/aromatic N) is 1. The number of carbonyl (C=O) groups excluding carboxylic acids is 1. The van der Waals surface area contributed by atoms with Crippen LogP contribution in [0.2, 0.25) is 0 Å². The minimum atomic E-state index is -5.15. The van der Waals surface area contributed by atoms with Gasteiger partial charge in [0.2, 0.25) is 10.0 Å². The smallest absolute Gasteiger partial charge is 0.384 e. The van der Waals surface area contributed by atoms with E-state index in [1.807, 2.05) is 6.92 Å². The van der Waals surface area contributed by atoms with Gasteiger partial charge in [-0.1, -0.05) is 45.6 Å². The molecule has 0 aliphatic heterocycles. The normalized spacial score (nSPS) is 13.1. The monoisotopic (exact) mass is 391 g/mol. The highest BCUT2D eigenvalue weighted by molar-refractivity contribution is 7.89. The Bertz CT molecular complexity index is 564. The topological polar surface area (TPSA) is 63.7 Å². The molecule has 0 rings (SSSR count). The highest BCUT2D eigenvalue weighted by Crippen LogP contribution is 2.42. The van der Waals surface area contributed by atoms with Crippen LogP contribution in [0.4, 0.5) is 17.6 Å². The van der Waals surface area contributed by atoms with E-state index >= 15 is 0 Å². The number of halogens is 4. The molecule has 0 aliphatic rings. The molecule has 0 N–H and O–H groups in total. The summed E-state index contributed by atoms with van der Waals surface area (Å²) in [6.07, 6.45) is 4.16. The average Bonchev–Trinajstić information content (AvgIpc) is 2.55. The predicted molar refractivity (Wildman–Crippen MR) is 86.0 cm³/mol. The van der Waals surface area contributed by atoms with Gasteiger partial charge in [-0.15, -0.1) is 4.31 Å². The van der Waals surface area contributed by atoms with Gasteiger partial charge < -0.3 is 4.74 Å². The van der Waals surface area contributed by atoms with Gasteiger partial charge in [0.05, 0.1) is 12.9 Å². The van der Waals surface area contributed by atoms with E-state index in [1.165, 1.54) is 0 Å². The molecule has 25 heavy (non-hydrogen) atoms. The second-order valence-corrected chi connectivity index (χ2v) is 7.76. The first-order valence-corrected chi connectivity index (χ1v) is 9.47. The summed E-state index contributed by atoms with van der Waals surface area (Å²) in [4.78, 5) is 11.1. The number of ether oxygens (including phenoxy) is 1. The van der Waals surface area contributed by atoms with Crippen LogP contribution >= 0.6 is 0 Å². The minimum absolute atomic E-state index is 0.0794. The molecule has 0 bridgehead atoms. The summed E-state index contributed by atoms with van der Waals surface area (Å²) in [6, 6.07) is -5.15. The quantitative estimate of drug-likeness (QED) is 0.168. The van der Waals surface area contributed by atoms with Gasteiger partial charge in [-0.05, 0) is 6.42 Å². The van der Waals surface area contributed by atoms with E-state index < -0.39 is 43.6 Å². The fourth-order valence-corrected chi connectivity index (χ4v) is 3.31. The zero-order valence-corrected chi connectivity index (χ0v) is 15.5. The van der Waals surface area contributed by atoms with Crippen LogP contribution in [0.25, 0.3) is 0 Å². The van der Waals surface area contributed by atoms with E-state index in [0.29, 0.717) is 13.5 Å². The van der Waals surface area contributed by atoms with E-state index in [1.54, 1.807) is 0 Å². The van der Waals surface area contributed by atoms with Crippen molar-refractivity contribution in [2.75, 3.05) is 19.9 Å². The zero-order valence-electron chi connectivity index (χ0n) is 14.7. The molecule has 0 atom stereocenters. The lowest BCUT2D eigenvalue weighted by Crippen LogP contribution is -2.56. The lowest BCUT2D eigenvalue weighted by Gasteiger charge is -2.33. The summed E-state index contributed by atoms with van der Waals surface area (Å²) >= 11 is 0. The van der Waals surface area contributed by atoms with Crippen molar-refractivity contribution in [2.24, 2.45) is 0 Å². The number of alkyl halides is 4. The Hall–Kier alpha value is -1.16. The van der Waals surface area contributed by atoms with Crippen molar-refractivity contribution in [1.82, 2.24) is 4.31 Å². The van der Waals surface area contributed by atoms with Crippen LogP contribution in [0.5, 0.6) is 0 Å². The SMILES string of the molecule is C=C(C(=O)OC)C(F)(F)C(F)(F)N(C)S(=O)(=O)CCCCCCCC. The van der Waals surface area contributed by atoms with Gasteiger partial charge in [0.25, 0.3) is 0 Å². The molecule has 0 saturated carbocycles. The molecule has 0 amide bonds. The molecule has 5 nitrogen and oxygen atoms in total. The molecule has 0 heterocycles.